The number of ether oxygens (including phenoxy) is 1. The molecule has 2 atom stereocenters. The minimum atomic E-state index is -0.317. The summed E-state index contributed by atoms with van der Waals surface area (Å²) in [5.41, 5.74) is 2.17. The van der Waals surface area contributed by atoms with Crippen LogP contribution >= 0.6 is 0 Å². The van der Waals surface area contributed by atoms with Crippen LogP contribution in [0, 0.1) is 11.8 Å². The molecule has 2 unspecified atom stereocenters. The van der Waals surface area contributed by atoms with Gasteiger partial charge in [0.25, 0.3) is 0 Å². The number of β-amino-alcohol motifs (C(OH)–C–C–N with tert-alkyl or cyclic N) is 1. The molecule has 3 rings (SSSR count). The predicted molar refractivity (Wildman–Crippen MR) is 102 cm³/mol. The number of hydrogen-bond acceptors (Lipinski definition) is 5. The van der Waals surface area contributed by atoms with Crippen molar-refractivity contribution >= 4 is 0 Å². The van der Waals surface area contributed by atoms with Crippen molar-refractivity contribution in [2.24, 2.45) is 11.8 Å². The normalized spacial score (nSPS) is 20.6. The highest BCUT2D eigenvalue weighted by Crippen LogP contribution is 2.23. The summed E-state index contributed by atoms with van der Waals surface area (Å²) in [6, 6.07) is 8.30. The number of aromatic nitrogens is 2. The van der Waals surface area contributed by atoms with E-state index < -0.39 is 0 Å². The highest BCUT2D eigenvalue weighted by atomic mass is 16.5. The van der Waals surface area contributed by atoms with Gasteiger partial charge >= 0.3 is 0 Å². The summed E-state index contributed by atoms with van der Waals surface area (Å²) in [7, 11) is 0. The number of aliphatic hydroxyl groups excluding tert-OH is 1. The van der Waals surface area contributed by atoms with Crippen molar-refractivity contribution < 1.29 is 9.84 Å². The maximum atomic E-state index is 10.4. The van der Waals surface area contributed by atoms with Gasteiger partial charge in [0.2, 0.25) is 0 Å². The fourth-order valence-corrected chi connectivity index (χ4v) is 3.38. The van der Waals surface area contributed by atoms with E-state index in [2.05, 4.69) is 40.8 Å². The molecule has 5 heteroatoms. The van der Waals surface area contributed by atoms with E-state index >= 15 is 0 Å². The summed E-state index contributed by atoms with van der Waals surface area (Å²) in [6.07, 6.45) is 6.68. The monoisotopic (exact) mass is 355 g/mol. The molecule has 1 aliphatic heterocycles. The second-order valence-electron chi connectivity index (χ2n) is 7.60. The Morgan fingerprint density at radius 2 is 2.15 bits per heavy atom. The van der Waals surface area contributed by atoms with Crippen LogP contribution in [0.3, 0.4) is 0 Å². The number of benzene rings is 1. The maximum absolute atomic E-state index is 10.4. The second kappa shape index (κ2) is 9.10. The lowest BCUT2D eigenvalue weighted by molar-refractivity contribution is 0.140. The second-order valence-corrected chi connectivity index (χ2v) is 7.60. The molecule has 0 amide bonds. The molecule has 2 aromatic rings. The Labute approximate surface area is 156 Å². The van der Waals surface area contributed by atoms with Crippen molar-refractivity contribution in [1.82, 2.24) is 14.9 Å². The molecule has 0 aliphatic carbocycles. The summed E-state index contributed by atoms with van der Waals surface area (Å²) in [4.78, 5) is 10.7. The summed E-state index contributed by atoms with van der Waals surface area (Å²) < 4.78 is 5.86. The van der Waals surface area contributed by atoms with Gasteiger partial charge in [-0.2, -0.15) is 0 Å². The van der Waals surface area contributed by atoms with E-state index in [0.29, 0.717) is 12.5 Å². The van der Waals surface area contributed by atoms with Gasteiger partial charge in [0.1, 0.15) is 5.75 Å². The number of nitrogens with zero attached hydrogens (tertiary/aromatic N) is 3. The Hall–Kier alpha value is -1.98. The molecule has 1 N–H and O–H groups in total. The smallest absolute Gasteiger partial charge is 0.119 e. The van der Waals surface area contributed by atoms with Crippen molar-refractivity contribution in [3.8, 4) is 5.75 Å². The minimum Gasteiger partial charge on any atom is -0.494 e. The molecular formula is C21H29N3O2. The fourth-order valence-electron chi connectivity index (χ4n) is 3.38. The highest BCUT2D eigenvalue weighted by Gasteiger charge is 2.31. The first-order chi connectivity index (χ1) is 12.6. The van der Waals surface area contributed by atoms with Crippen LogP contribution < -0.4 is 4.74 Å². The minimum absolute atomic E-state index is 0.206. The van der Waals surface area contributed by atoms with E-state index in [1.54, 1.807) is 18.6 Å². The van der Waals surface area contributed by atoms with Gasteiger partial charge in [0, 0.05) is 44.1 Å². The first-order valence-electron chi connectivity index (χ1n) is 9.47. The molecule has 1 fully saturated rings. The summed E-state index contributed by atoms with van der Waals surface area (Å²) >= 11 is 0. The molecule has 0 bridgehead atoms. The van der Waals surface area contributed by atoms with Crippen molar-refractivity contribution in [1.29, 1.82) is 0 Å². The topological polar surface area (TPSA) is 58.5 Å². The molecule has 1 aliphatic rings. The Morgan fingerprint density at radius 3 is 2.92 bits per heavy atom. The van der Waals surface area contributed by atoms with Gasteiger partial charge in [-0.15, -0.1) is 0 Å². The molecule has 1 aromatic carbocycles. The summed E-state index contributed by atoms with van der Waals surface area (Å²) in [5.74, 6) is 1.78. The highest BCUT2D eigenvalue weighted by molar-refractivity contribution is 5.28. The molecule has 1 saturated heterocycles. The van der Waals surface area contributed by atoms with E-state index in [4.69, 9.17) is 4.74 Å². The zero-order valence-electron chi connectivity index (χ0n) is 15.7. The Morgan fingerprint density at radius 1 is 1.27 bits per heavy atom. The predicted octanol–water partition coefficient (Wildman–Crippen LogP) is 2.94. The SMILES string of the molecule is CC(C)CCOc1cccc(CN2CC(O)C(Cc3cnccn3)C2)c1. The van der Waals surface area contributed by atoms with Crippen LogP contribution in [0.25, 0.3) is 0 Å². The molecule has 0 radical (unpaired) electrons. The van der Waals surface area contributed by atoms with E-state index in [9.17, 15) is 5.11 Å². The van der Waals surface area contributed by atoms with Gasteiger partial charge in [0.15, 0.2) is 0 Å². The average Bonchev–Trinajstić information content (AvgIpc) is 2.95. The third kappa shape index (κ3) is 5.51. The van der Waals surface area contributed by atoms with Crippen molar-refractivity contribution in [2.75, 3.05) is 19.7 Å². The lowest BCUT2D eigenvalue weighted by atomic mass is 10.0. The lowest BCUT2D eigenvalue weighted by Gasteiger charge is -2.16. The summed E-state index contributed by atoms with van der Waals surface area (Å²) in [6.45, 7) is 7.56. The number of aliphatic hydroxyl groups is 1. The van der Waals surface area contributed by atoms with Crippen molar-refractivity contribution in [3.05, 3.63) is 54.1 Å². The van der Waals surface area contributed by atoms with Gasteiger partial charge in [-0.25, -0.2) is 0 Å². The van der Waals surface area contributed by atoms with Gasteiger partial charge in [-0.1, -0.05) is 26.0 Å². The molecule has 5 nitrogen and oxygen atoms in total. The van der Waals surface area contributed by atoms with Crippen LogP contribution in [-0.2, 0) is 13.0 Å². The molecule has 2 heterocycles. The van der Waals surface area contributed by atoms with E-state index in [1.165, 1.54) is 5.56 Å². The average molecular weight is 355 g/mol. The third-order valence-corrected chi connectivity index (χ3v) is 4.84. The van der Waals surface area contributed by atoms with Crippen LogP contribution in [0.4, 0.5) is 0 Å². The van der Waals surface area contributed by atoms with Crippen LogP contribution in [0.5, 0.6) is 5.75 Å². The molecule has 26 heavy (non-hydrogen) atoms. The fraction of sp³-hybridized carbons (Fsp3) is 0.524. The lowest BCUT2D eigenvalue weighted by Crippen LogP contribution is -2.21. The van der Waals surface area contributed by atoms with E-state index in [0.717, 1.165) is 44.0 Å². The van der Waals surface area contributed by atoms with Crippen molar-refractivity contribution in [3.63, 3.8) is 0 Å². The largest absolute Gasteiger partial charge is 0.494 e. The van der Waals surface area contributed by atoms with Crippen molar-refractivity contribution in [2.45, 2.75) is 39.3 Å². The molecule has 0 saturated carbocycles. The van der Waals surface area contributed by atoms with Crippen LogP contribution in [0.15, 0.2) is 42.9 Å². The Kier molecular flexibility index (Phi) is 6.58. The number of hydrogen-bond donors (Lipinski definition) is 1. The zero-order valence-corrected chi connectivity index (χ0v) is 15.7. The standard InChI is InChI=1S/C21H29N3O2/c1-16(2)6-9-26-20-5-3-4-17(10-20)13-24-14-18(21(25)15-24)11-19-12-22-7-8-23-19/h3-5,7-8,10,12,16,18,21,25H,6,9,11,13-15H2,1-2H3. The van der Waals surface area contributed by atoms with Gasteiger partial charge in [0.05, 0.1) is 18.4 Å². The molecule has 140 valence electrons. The van der Waals surface area contributed by atoms with E-state index in [1.807, 2.05) is 12.1 Å². The molecule has 1 aromatic heterocycles. The molecule has 0 spiro atoms. The first kappa shape index (κ1) is 18.8. The quantitative estimate of drug-likeness (QED) is 0.789. The first-order valence-corrected chi connectivity index (χ1v) is 9.47. The number of rotatable bonds is 8. The third-order valence-electron chi connectivity index (χ3n) is 4.84. The van der Waals surface area contributed by atoms with Gasteiger partial charge in [-0.05, 0) is 36.5 Å². The zero-order chi connectivity index (χ0) is 18.4. The maximum Gasteiger partial charge on any atom is 0.119 e. The number of likely N-dealkylation sites (tertiary alicyclic amines) is 1. The Balaban J connectivity index is 1.53. The van der Waals surface area contributed by atoms with Crippen LogP contribution in [0.1, 0.15) is 31.5 Å². The molecular weight excluding hydrogens is 326 g/mol. The van der Waals surface area contributed by atoms with Crippen LogP contribution in [-0.4, -0.2) is 45.8 Å². The van der Waals surface area contributed by atoms with Gasteiger partial charge in [-0.3, -0.25) is 14.9 Å². The van der Waals surface area contributed by atoms with Crippen LogP contribution in [0.2, 0.25) is 0 Å². The summed E-state index contributed by atoms with van der Waals surface area (Å²) in [5, 5.41) is 10.4. The van der Waals surface area contributed by atoms with E-state index in [-0.39, 0.29) is 12.0 Å². The Bertz CT molecular complexity index is 678. The van der Waals surface area contributed by atoms with Gasteiger partial charge < -0.3 is 9.84 Å².